The van der Waals surface area contributed by atoms with Gasteiger partial charge in [-0.1, -0.05) is 0 Å². The molecule has 2 aliphatic heterocycles. The van der Waals surface area contributed by atoms with Crippen LogP contribution in [0.25, 0.3) is 0 Å². The van der Waals surface area contributed by atoms with E-state index in [-0.39, 0.29) is 24.2 Å². The molecule has 0 aliphatic carbocycles. The van der Waals surface area contributed by atoms with E-state index in [0.717, 1.165) is 24.6 Å². The van der Waals surface area contributed by atoms with Crippen molar-refractivity contribution in [1.29, 1.82) is 0 Å². The molecule has 2 N–H and O–H groups in total. The van der Waals surface area contributed by atoms with Crippen molar-refractivity contribution in [3.63, 3.8) is 0 Å². The summed E-state index contributed by atoms with van der Waals surface area (Å²) in [6, 6.07) is 0.239. The minimum absolute atomic E-state index is 0.114. The highest BCUT2D eigenvalue weighted by Gasteiger charge is 2.42. The second-order valence-corrected chi connectivity index (χ2v) is 5.20. The highest BCUT2D eigenvalue weighted by Crippen LogP contribution is 2.35. The summed E-state index contributed by atoms with van der Waals surface area (Å²) in [4.78, 5) is 14.0. The summed E-state index contributed by atoms with van der Waals surface area (Å²) in [5, 5.41) is 12.4. The molecule has 0 saturated carbocycles. The van der Waals surface area contributed by atoms with Crippen LogP contribution in [-0.4, -0.2) is 43.0 Å². The lowest BCUT2D eigenvalue weighted by molar-refractivity contribution is 0.0580. The second-order valence-electron chi connectivity index (χ2n) is 4.64. The first-order valence-electron chi connectivity index (χ1n) is 5.79. The van der Waals surface area contributed by atoms with Crippen LogP contribution in [0.3, 0.4) is 0 Å². The Morgan fingerprint density at radius 2 is 2.18 bits per heavy atom. The average molecular weight is 254 g/mol. The first-order chi connectivity index (χ1) is 8.24. The van der Waals surface area contributed by atoms with Gasteiger partial charge in [0.1, 0.15) is 0 Å². The summed E-state index contributed by atoms with van der Waals surface area (Å²) in [6.07, 6.45) is 4.66. The molecular weight excluding hydrogens is 240 g/mol. The predicted octanol–water partition coefficient (Wildman–Crippen LogP) is 1.06. The number of hydrogen-bond acceptors (Lipinski definition) is 5. The number of aliphatic hydroxyl groups excluding tert-OH is 1. The smallest absolute Gasteiger partial charge is 0.323 e. The summed E-state index contributed by atoms with van der Waals surface area (Å²) >= 11 is 1.07. The maximum Gasteiger partial charge on any atom is 0.323 e. The monoisotopic (exact) mass is 254 g/mol. The molecular formula is C10H14N4O2S. The van der Waals surface area contributed by atoms with E-state index in [9.17, 15) is 9.90 Å². The van der Waals surface area contributed by atoms with Crippen molar-refractivity contribution < 1.29 is 9.90 Å². The third kappa shape index (κ3) is 2.00. The van der Waals surface area contributed by atoms with Crippen molar-refractivity contribution in [2.45, 2.75) is 43.9 Å². The summed E-state index contributed by atoms with van der Waals surface area (Å²) in [6.45, 7) is 0. The largest absolute Gasteiger partial charge is 0.393 e. The maximum atomic E-state index is 12.1. The van der Waals surface area contributed by atoms with Gasteiger partial charge in [0.2, 0.25) is 0 Å². The van der Waals surface area contributed by atoms with Gasteiger partial charge in [0, 0.05) is 12.1 Å². The van der Waals surface area contributed by atoms with Gasteiger partial charge in [-0.15, -0.1) is 0 Å². The van der Waals surface area contributed by atoms with E-state index in [4.69, 9.17) is 0 Å². The molecule has 0 aromatic carbocycles. The summed E-state index contributed by atoms with van der Waals surface area (Å²) < 4.78 is 7.80. The highest BCUT2D eigenvalue weighted by molar-refractivity contribution is 6.99. The minimum atomic E-state index is -0.252. The number of nitrogens with zero attached hydrogens (tertiary/aromatic N) is 3. The first kappa shape index (κ1) is 10.9. The van der Waals surface area contributed by atoms with Crippen molar-refractivity contribution >= 4 is 23.6 Å². The molecule has 17 heavy (non-hydrogen) atoms. The number of piperidine rings is 1. The van der Waals surface area contributed by atoms with Crippen LogP contribution < -0.4 is 5.32 Å². The standard InChI is InChI=1S/C10H14N4O2S/c15-8-3-6-1-2-7(4-8)14(6)10(16)12-9-5-11-17-13-9/h5-8,15H,1-4H2,(H,12,13,16)/t6-,7+,8?. The molecule has 2 amide bonds. The van der Waals surface area contributed by atoms with Gasteiger partial charge >= 0.3 is 6.03 Å². The van der Waals surface area contributed by atoms with Gasteiger partial charge in [0.15, 0.2) is 5.82 Å². The van der Waals surface area contributed by atoms with Gasteiger partial charge in [0.05, 0.1) is 24.0 Å². The van der Waals surface area contributed by atoms with Gasteiger partial charge in [-0.3, -0.25) is 5.32 Å². The van der Waals surface area contributed by atoms with E-state index in [0.29, 0.717) is 18.7 Å². The fourth-order valence-electron chi connectivity index (χ4n) is 2.87. The SMILES string of the molecule is O=C(Nc1cnsn1)N1[C@@H]2CC[C@H]1CC(O)C2. The van der Waals surface area contributed by atoms with Crippen molar-refractivity contribution in [3.8, 4) is 0 Å². The number of aliphatic hydroxyl groups is 1. The summed E-state index contributed by atoms with van der Waals surface area (Å²) in [5.74, 6) is 0.505. The number of aromatic nitrogens is 2. The van der Waals surface area contributed by atoms with Crippen molar-refractivity contribution in [2.75, 3.05) is 5.32 Å². The number of carbonyl (C=O) groups is 1. The summed E-state index contributed by atoms with van der Waals surface area (Å²) in [7, 11) is 0. The summed E-state index contributed by atoms with van der Waals surface area (Å²) in [5.41, 5.74) is 0. The van der Waals surface area contributed by atoms with Gasteiger partial charge in [0.25, 0.3) is 0 Å². The van der Waals surface area contributed by atoms with Gasteiger partial charge in [-0.05, 0) is 25.7 Å². The van der Waals surface area contributed by atoms with E-state index in [1.165, 1.54) is 0 Å². The zero-order valence-electron chi connectivity index (χ0n) is 9.24. The number of amides is 2. The normalized spacial score (nSPS) is 31.6. The highest BCUT2D eigenvalue weighted by atomic mass is 32.1. The Bertz CT molecular complexity index is 396. The zero-order valence-corrected chi connectivity index (χ0v) is 10.1. The molecule has 1 aromatic heterocycles. The molecule has 3 heterocycles. The number of urea groups is 1. The molecule has 0 spiro atoms. The number of rotatable bonds is 1. The molecule has 3 rings (SSSR count). The van der Waals surface area contributed by atoms with Gasteiger partial charge in [-0.2, -0.15) is 8.75 Å². The van der Waals surface area contributed by atoms with E-state index < -0.39 is 0 Å². The molecule has 2 aliphatic rings. The Balaban J connectivity index is 1.70. The van der Waals surface area contributed by atoms with Crippen LogP contribution >= 0.6 is 11.7 Å². The third-order valence-electron chi connectivity index (χ3n) is 3.54. The fraction of sp³-hybridized carbons (Fsp3) is 0.700. The molecule has 7 heteroatoms. The molecule has 0 radical (unpaired) electrons. The Kier molecular flexibility index (Phi) is 2.71. The lowest BCUT2D eigenvalue weighted by atomic mass is 10.0. The zero-order chi connectivity index (χ0) is 11.8. The van der Waals surface area contributed by atoms with Crippen LogP contribution in [0, 0.1) is 0 Å². The Hall–Kier alpha value is -1.21. The molecule has 2 bridgehead atoms. The second kappa shape index (κ2) is 4.23. The van der Waals surface area contributed by atoms with Crippen molar-refractivity contribution in [2.24, 2.45) is 0 Å². The number of nitrogens with one attached hydrogen (secondary N) is 1. The Labute approximate surface area is 103 Å². The molecule has 3 atom stereocenters. The molecule has 1 unspecified atom stereocenters. The number of hydrogen-bond donors (Lipinski definition) is 2. The number of anilines is 1. The molecule has 2 fully saturated rings. The van der Waals surface area contributed by atoms with E-state index in [1.54, 1.807) is 6.20 Å². The minimum Gasteiger partial charge on any atom is -0.393 e. The van der Waals surface area contributed by atoms with Crippen LogP contribution in [0.15, 0.2) is 6.20 Å². The van der Waals surface area contributed by atoms with Crippen LogP contribution in [0.2, 0.25) is 0 Å². The first-order valence-corrected chi connectivity index (χ1v) is 6.52. The molecule has 1 aromatic rings. The number of carbonyl (C=O) groups excluding carboxylic acids is 1. The van der Waals surface area contributed by atoms with Gasteiger partial charge < -0.3 is 10.0 Å². The average Bonchev–Trinajstić information content (AvgIpc) is 2.86. The van der Waals surface area contributed by atoms with Crippen molar-refractivity contribution in [3.05, 3.63) is 6.20 Å². The number of fused-ring (bicyclic) bond motifs is 2. The van der Waals surface area contributed by atoms with E-state index in [1.807, 2.05) is 4.90 Å². The van der Waals surface area contributed by atoms with Crippen LogP contribution in [0.4, 0.5) is 10.6 Å². The lowest BCUT2D eigenvalue weighted by Gasteiger charge is -2.36. The topological polar surface area (TPSA) is 78.4 Å². The Morgan fingerprint density at radius 1 is 1.47 bits per heavy atom. The van der Waals surface area contributed by atoms with Crippen LogP contribution in [0.1, 0.15) is 25.7 Å². The lowest BCUT2D eigenvalue weighted by Crippen LogP contribution is -2.49. The maximum absolute atomic E-state index is 12.1. The van der Waals surface area contributed by atoms with E-state index >= 15 is 0 Å². The van der Waals surface area contributed by atoms with Crippen LogP contribution in [-0.2, 0) is 0 Å². The fourth-order valence-corrected chi connectivity index (χ4v) is 3.25. The quantitative estimate of drug-likeness (QED) is 0.785. The Morgan fingerprint density at radius 3 is 2.76 bits per heavy atom. The van der Waals surface area contributed by atoms with Gasteiger partial charge in [-0.25, -0.2) is 4.79 Å². The predicted molar refractivity (Wildman–Crippen MR) is 62.8 cm³/mol. The molecule has 6 nitrogen and oxygen atoms in total. The third-order valence-corrected chi connectivity index (χ3v) is 4.02. The van der Waals surface area contributed by atoms with Crippen molar-refractivity contribution in [1.82, 2.24) is 13.6 Å². The van der Waals surface area contributed by atoms with Crippen LogP contribution in [0.5, 0.6) is 0 Å². The molecule has 92 valence electrons. The molecule has 2 saturated heterocycles. The van der Waals surface area contributed by atoms with E-state index in [2.05, 4.69) is 14.1 Å².